The standard InChI is InChI=1S/C12H16N2O3/c1-3-17-9-12(15)14-13-8-10-6-4-5-7-11(10)16-2/h4-8H,3,9H2,1-2H3,(H,14,15)/b13-8+. The first-order chi connectivity index (χ1) is 8.27. The van der Waals surface area contributed by atoms with Gasteiger partial charge in [0.2, 0.25) is 0 Å². The van der Waals surface area contributed by atoms with Gasteiger partial charge in [0.25, 0.3) is 5.91 Å². The van der Waals surface area contributed by atoms with Gasteiger partial charge in [-0.1, -0.05) is 12.1 Å². The highest BCUT2D eigenvalue weighted by Crippen LogP contribution is 2.14. The summed E-state index contributed by atoms with van der Waals surface area (Å²) in [5.41, 5.74) is 3.17. The minimum absolute atomic E-state index is 0.0137. The molecular weight excluding hydrogens is 220 g/mol. The van der Waals surface area contributed by atoms with E-state index in [9.17, 15) is 4.79 Å². The maximum atomic E-state index is 11.2. The topological polar surface area (TPSA) is 59.9 Å². The van der Waals surface area contributed by atoms with Crippen molar-refractivity contribution in [2.24, 2.45) is 5.10 Å². The SMILES string of the molecule is CCOCC(=O)N/N=C/c1ccccc1OC. The zero-order chi connectivity index (χ0) is 12.5. The number of benzene rings is 1. The van der Waals surface area contributed by atoms with Gasteiger partial charge in [0.05, 0.1) is 13.3 Å². The summed E-state index contributed by atoms with van der Waals surface area (Å²) < 4.78 is 10.1. The second kappa shape index (κ2) is 7.40. The van der Waals surface area contributed by atoms with E-state index >= 15 is 0 Å². The normalized spacial score (nSPS) is 10.5. The molecule has 5 nitrogen and oxygen atoms in total. The Morgan fingerprint density at radius 1 is 1.47 bits per heavy atom. The second-order valence-corrected chi connectivity index (χ2v) is 3.17. The smallest absolute Gasteiger partial charge is 0.266 e. The van der Waals surface area contributed by atoms with Crippen molar-refractivity contribution >= 4 is 12.1 Å². The third-order valence-corrected chi connectivity index (χ3v) is 1.97. The third kappa shape index (κ3) is 4.65. The summed E-state index contributed by atoms with van der Waals surface area (Å²) in [4.78, 5) is 11.2. The van der Waals surface area contributed by atoms with Crippen LogP contribution in [0.3, 0.4) is 0 Å². The highest BCUT2D eigenvalue weighted by Gasteiger charge is 1.99. The van der Waals surface area contributed by atoms with Crippen LogP contribution in [-0.2, 0) is 9.53 Å². The van der Waals surface area contributed by atoms with Gasteiger partial charge in [-0.3, -0.25) is 4.79 Å². The number of nitrogens with one attached hydrogen (secondary N) is 1. The molecule has 0 aliphatic rings. The highest BCUT2D eigenvalue weighted by atomic mass is 16.5. The number of hydrazone groups is 1. The molecule has 0 heterocycles. The molecule has 1 rings (SSSR count). The van der Waals surface area contributed by atoms with Gasteiger partial charge >= 0.3 is 0 Å². The molecule has 17 heavy (non-hydrogen) atoms. The van der Waals surface area contributed by atoms with E-state index in [2.05, 4.69) is 10.5 Å². The Morgan fingerprint density at radius 3 is 2.94 bits per heavy atom. The van der Waals surface area contributed by atoms with Crippen molar-refractivity contribution in [1.82, 2.24) is 5.43 Å². The van der Waals surface area contributed by atoms with Crippen LogP contribution in [0.15, 0.2) is 29.4 Å². The van der Waals surface area contributed by atoms with Crippen molar-refractivity contribution in [2.45, 2.75) is 6.92 Å². The molecule has 0 fully saturated rings. The number of carbonyl (C=O) groups is 1. The molecule has 0 saturated heterocycles. The Labute approximate surface area is 100 Å². The molecule has 0 radical (unpaired) electrons. The molecule has 1 aromatic carbocycles. The zero-order valence-electron chi connectivity index (χ0n) is 9.97. The monoisotopic (exact) mass is 236 g/mol. The Kier molecular flexibility index (Phi) is 5.74. The third-order valence-electron chi connectivity index (χ3n) is 1.97. The van der Waals surface area contributed by atoms with Gasteiger partial charge in [0.15, 0.2) is 0 Å². The lowest BCUT2D eigenvalue weighted by atomic mass is 10.2. The van der Waals surface area contributed by atoms with E-state index in [1.54, 1.807) is 7.11 Å². The van der Waals surface area contributed by atoms with E-state index in [-0.39, 0.29) is 12.5 Å². The van der Waals surface area contributed by atoms with E-state index < -0.39 is 0 Å². The molecule has 0 saturated carbocycles. The summed E-state index contributed by atoms with van der Waals surface area (Å²) in [5.74, 6) is 0.424. The summed E-state index contributed by atoms with van der Waals surface area (Å²) in [7, 11) is 1.58. The second-order valence-electron chi connectivity index (χ2n) is 3.17. The van der Waals surface area contributed by atoms with Gasteiger partial charge in [-0.25, -0.2) is 5.43 Å². The molecule has 0 aliphatic carbocycles. The zero-order valence-corrected chi connectivity index (χ0v) is 9.97. The number of carbonyl (C=O) groups excluding carboxylic acids is 1. The highest BCUT2D eigenvalue weighted by molar-refractivity contribution is 5.85. The van der Waals surface area contributed by atoms with Crippen LogP contribution in [0.4, 0.5) is 0 Å². The fraction of sp³-hybridized carbons (Fsp3) is 0.333. The molecule has 0 bridgehead atoms. The number of methoxy groups -OCH3 is 1. The van der Waals surface area contributed by atoms with E-state index in [1.807, 2.05) is 31.2 Å². The molecule has 0 aliphatic heterocycles. The Bertz CT molecular complexity index is 391. The van der Waals surface area contributed by atoms with E-state index in [0.717, 1.165) is 5.56 Å². The van der Waals surface area contributed by atoms with Gasteiger partial charge in [0.1, 0.15) is 12.4 Å². The van der Waals surface area contributed by atoms with Crippen LogP contribution in [0.25, 0.3) is 0 Å². The average molecular weight is 236 g/mol. The van der Waals surface area contributed by atoms with Crippen molar-refractivity contribution < 1.29 is 14.3 Å². The van der Waals surface area contributed by atoms with E-state index in [4.69, 9.17) is 9.47 Å². The fourth-order valence-corrected chi connectivity index (χ4v) is 1.17. The van der Waals surface area contributed by atoms with Crippen LogP contribution < -0.4 is 10.2 Å². The molecular formula is C12H16N2O3. The van der Waals surface area contributed by atoms with Gasteiger partial charge < -0.3 is 9.47 Å². The maximum Gasteiger partial charge on any atom is 0.266 e. The van der Waals surface area contributed by atoms with Gasteiger partial charge in [-0.05, 0) is 19.1 Å². The number of amides is 1. The number of rotatable bonds is 6. The summed E-state index contributed by atoms with van der Waals surface area (Å²) in [6.07, 6.45) is 1.53. The summed E-state index contributed by atoms with van der Waals surface area (Å²) >= 11 is 0. The lowest BCUT2D eigenvalue weighted by molar-refractivity contribution is -0.125. The van der Waals surface area contributed by atoms with E-state index in [0.29, 0.717) is 12.4 Å². The van der Waals surface area contributed by atoms with Gasteiger partial charge in [0, 0.05) is 12.2 Å². The van der Waals surface area contributed by atoms with Crippen LogP contribution in [0.2, 0.25) is 0 Å². The Balaban J connectivity index is 2.50. The van der Waals surface area contributed by atoms with Gasteiger partial charge in [-0.15, -0.1) is 0 Å². The van der Waals surface area contributed by atoms with Gasteiger partial charge in [-0.2, -0.15) is 5.10 Å². The van der Waals surface area contributed by atoms with Crippen LogP contribution in [0.5, 0.6) is 5.75 Å². The first-order valence-corrected chi connectivity index (χ1v) is 5.30. The van der Waals surface area contributed by atoms with Crippen LogP contribution in [-0.4, -0.2) is 32.4 Å². The minimum atomic E-state index is -0.280. The summed E-state index contributed by atoms with van der Waals surface area (Å²) in [5, 5.41) is 3.82. The first kappa shape index (κ1) is 13.2. The Morgan fingerprint density at radius 2 is 2.24 bits per heavy atom. The molecule has 1 aromatic rings. The molecule has 0 unspecified atom stereocenters. The van der Waals surface area contributed by atoms with Crippen molar-refractivity contribution in [3.63, 3.8) is 0 Å². The lowest BCUT2D eigenvalue weighted by Crippen LogP contribution is -2.22. The predicted octanol–water partition coefficient (Wildman–Crippen LogP) is 1.18. The molecule has 5 heteroatoms. The Hall–Kier alpha value is -1.88. The molecule has 0 aromatic heterocycles. The summed E-state index contributed by atoms with van der Waals surface area (Å²) in [6, 6.07) is 7.40. The number of para-hydroxylation sites is 1. The van der Waals surface area contributed by atoms with Crippen molar-refractivity contribution in [3.8, 4) is 5.75 Å². The van der Waals surface area contributed by atoms with Crippen molar-refractivity contribution in [1.29, 1.82) is 0 Å². The molecule has 1 amide bonds. The number of hydrogen-bond donors (Lipinski definition) is 1. The van der Waals surface area contributed by atoms with Crippen molar-refractivity contribution in [2.75, 3.05) is 20.3 Å². The molecule has 0 atom stereocenters. The van der Waals surface area contributed by atoms with Crippen LogP contribution in [0.1, 0.15) is 12.5 Å². The molecule has 1 N–H and O–H groups in total. The van der Waals surface area contributed by atoms with Crippen LogP contribution in [0, 0.1) is 0 Å². The first-order valence-electron chi connectivity index (χ1n) is 5.30. The maximum absolute atomic E-state index is 11.2. The molecule has 0 spiro atoms. The van der Waals surface area contributed by atoms with E-state index in [1.165, 1.54) is 6.21 Å². The molecule has 92 valence electrons. The van der Waals surface area contributed by atoms with Crippen LogP contribution >= 0.6 is 0 Å². The largest absolute Gasteiger partial charge is 0.496 e. The number of hydrogen-bond acceptors (Lipinski definition) is 4. The van der Waals surface area contributed by atoms with Crippen molar-refractivity contribution in [3.05, 3.63) is 29.8 Å². The summed E-state index contributed by atoms with van der Waals surface area (Å²) in [6.45, 7) is 2.34. The quantitative estimate of drug-likeness (QED) is 0.596. The fourth-order valence-electron chi connectivity index (χ4n) is 1.17. The average Bonchev–Trinajstić information content (AvgIpc) is 2.37. The number of ether oxygens (including phenoxy) is 2. The minimum Gasteiger partial charge on any atom is -0.496 e. The lowest BCUT2D eigenvalue weighted by Gasteiger charge is -2.03. The number of nitrogens with zero attached hydrogens (tertiary/aromatic N) is 1. The predicted molar refractivity (Wildman–Crippen MR) is 65.2 cm³/mol.